The molecule has 0 spiro atoms. The van der Waals surface area contributed by atoms with Gasteiger partial charge in [-0.1, -0.05) is 0 Å². The van der Waals surface area contributed by atoms with E-state index in [4.69, 9.17) is 4.74 Å². The number of non-ortho nitro benzene ring substituents is 1. The summed E-state index contributed by atoms with van der Waals surface area (Å²) in [7, 11) is 0. The molecule has 0 aliphatic heterocycles. The summed E-state index contributed by atoms with van der Waals surface area (Å²) in [5.74, 6) is 0.244. The Labute approximate surface area is 186 Å². The molecule has 1 aromatic heterocycles. The Morgan fingerprint density at radius 2 is 1.81 bits per heavy atom. The fourth-order valence-electron chi connectivity index (χ4n) is 3.49. The third-order valence-electron chi connectivity index (χ3n) is 5.05. The molecule has 0 saturated carbocycles. The van der Waals surface area contributed by atoms with Gasteiger partial charge in [0.1, 0.15) is 16.8 Å². The number of nitro groups is 2. The molecule has 0 fully saturated rings. The van der Waals surface area contributed by atoms with Gasteiger partial charge < -0.3 is 4.74 Å². The van der Waals surface area contributed by atoms with Crippen LogP contribution in [0.25, 0.3) is 0 Å². The van der Waals surface area contributed by atoms with Crippen molar-refractivity contribution >= 4 is 33.9 Å². The van der Waals surface area contributed by atoms with Crippen molar-refractivity contribution in [2.24, 2.45) is 4.99 Å². The molecular weight excluding hydrogens is 432 g/mol. The fourth-order valence-corrected chi connectivity index (χ4v) is 4.67. The van der Waals surface area contributed by atoms with Crippen molar-refractivity contribution in [2.75, 3.05) is 0 Å². The van der Waals surface area contributed by atoms with Crippen molar-refractivity contribution in [3.63, 3.8) is 0 Å². The lowest BCUT2D eigenvalue weighted by Gasteiger charge is -2.09. The van der Waals surface area contributed by atoms with Crippen LogP contribution < -0.4 is 4.74 Å². The second-order valence-electron chi connectivity index (χ2n) is 7.10. The molecule has 0 radical (unpaired) electrons. The average Bonchev–Trinajstić information content (AvgIpc) is 3.16. The van der Waals surface area contributed by atoms with Crippen LogP contribution in [-0.2, 0) is 12.8 Å². The van der Waals surface area contributed by atoms with E-state index < -0.39 is 15.5 Å². The first kappa shape index (κ1) is 21.1. The Kier molecular flexibility index (Phi) is 5.91. The largest absolute Gasteiger partial charge is 0.450 e. The van der Waals surface area contributed by atoms with Crippen molar-refractivity contribution in [3.8, 4) is 17.6 Å². The number of hydrogen-bond acceptors (Lipinski definition) is 8. The van der Waals surface area contributed by atoms with Gasteiger partial charge in [-0.05, 0) is 67.1 Å². The molecule has 0 amide bonds. The highest BCUT2D eigenvalue weighted by molar-refractivity contribution is 7.16. The molecule has 1 aliphatic carbocycles. The molecule has 32 heavy (non-hydrogen) atoms. The summed E-state index contributed by atoms with van der Waals surface area (Å²) in [6.45, 7) is 0. The predicted octanol–water partition coefficient (Wildman–Crippen LogP) is 5.86. The van der Waals surface area contributed by atoms with Crippen LogP contribution in [0.5, 0.6) is 11.5 Å². The van der Waals surface area contributed by atoms with E-state index in [2.05, 4.69) is 11.1 Å². The van der Waals surface area contributed by atoms with Crippen molar-refractivity contribution in [1.82, 2.24) is 0 Å². The number of nitrogens with zero attached hydrogens (tertiary/aromatic N) is 4. The summed E-state index contributed by atoms with van der Waals surface area (Å²) in [5, 5.41) is 32.3. The van der Waals surface area contributed by atoms with Crippen molar-refractivity contribution < 1.29 is 14.6 Å². The molecule has 0 N–H and O–H groups in total. The van der Waals surface area contributed by atoms with E-state index >= 15 is 0 Å². The van der Waals surface area contributed by atoms with Gasteiger partial charge in [0.25, 0.3) is 5.69 Å². The molecule has 2 aromatic carbocycles. The van der Waals surface area contributed by atoms with Crippen LogP contribution in [0.4, 0.5) is 16.4 Å². The monoisotopic (exact) mass is 448 g/mol. The van der Waals surface area contributed by atoms with E-state index in [1.54, 1.807) is 41.8 Å². The highest BCUT2D eigenvalue weighted by Crippen LogP contribution is 2.39. The summed E-state index contributed by atoms with van der Waals surface area (Å²) < 4.78 is 5.57. The van der Waals surface area contributed by atoms with Crippen LogP contribution in [0.15, 0.2) is 47.5 Å². The smallest absolute Gasteiger partial charge is 0.318 e. The van der Waals surface area contributed by atoms with Gasteiger partial charge in [0.05, 0.1) is 21.5 Å². The average molecular weight is 448 g/mol. The van der Waals surface area contributed by atoms with E-state index in [0.717, 1.165) is 48.9 Å². The molecule has 4 rings (SSSR count). The van der Waals surface area contributed by atoms with E-state index in [1.807, 2.05) is 0 Å². The highest BCUT2D eigenvalue weighted by atomic mass is 32.1. The quantitative estimate of drug-likeness (QED) is 0.264. The Morgan fingerprint density at radius 3 is 2.50 bits per heavy atom. The highest BCUT2D eigenvalue weighted by Gasteiger charge is 2.22. The fraction of sp³-hybridized carbons (Fsp3) is 0.182. The van der Waals surface area contributed by atoms with Gasteiger partial charge in [-0.2, -0.15) is 5.26 Å². The maximum absolute atomic E-state index is 11.2. The SMILES string of the molecule is N#Cc1c(N=Cc2ccc(Oc3ccc([N+](=O)[O-])cc3[N+](=O)[O-])cc2)sc2c1CCCC2. The van der Waals surface area contributed by atoms with Crippen LogP contribution in [-0.4, -0.2) is 16.1 Å². The zero-order valence-corrected chi connectivity index (χ0v) is 17.5. The molecule has 10 heteroatoms. The Balaban J connectivity index is 1.52. The normalized spacial score (nSPS) is 12.8. The Morgan fingerprint density at radius 1 is 1.06 bits per heavy atom. The predicted molar refractivity (Wildman–Crippen MR) is 119 cm³/mol. The first-order valence-electron chi connectivity index (χ1n) is 9.75. The molecular formula is C22H16N4O5S. The molecule has 3 aromatic rings. The minimum Gasteiger partial charge on any atom is -0.450 e. The van der Waals surface area contributed by atoms with Gasteiger partial charge in [-0.25, -0.2) is 4.99 Å². The second kappa shape index (κ2) is 8.95. The second-order valence-corrected chi connectivity index (χ2v) is 8.18. The maximum Gasteiger partial charge on any atom is 0.318 e. The van der Waals surface area contributed by atoms with Gasteiger partial charge in [-0.3, -0.25) is 20.2 Å². The molecule has 1 heterocycles. The number of nitriles is 1. The lowest BCUT2D eigenvalue weighted by Crippen LogP contribution is -1.99. The molecule has 0 unspecified atom stereocenters. The molecule has 160 valence electrons. The number of aryl methyl sites for hydroxylation is 1. The number of benzene rings is 2. The Hall–Kier alpha value is -4.10. The van der Waals surface area contributed by atoms with Crippen LogP contribution in [0.3, 0.4) is 0 Å². The lowest BCUT2D eigenvalue weighted by molar-refractivity contribution is -0.394. The summed E-state index contributed by atoms with van der Waals surface area (Å²) in [6.07, 6.45) is 5.80. The van der Waals surface area contributed by atoms with E-state index in [1.165, 1.54) is 10.9 Å². The van der Waals surface area contributed by atoms with E-state index in [9.17, 15) is 25.5 Å². The van der Waals surface area contributed by atoms with Gasteiger partial charge in [0.15, 0.2) is 0 Å². The van der Waals surface area contributed by atoms with Crippen molar-refractivity contribution in [2.45, 2.75) is 25.7 Å². The van der Waals surface area contributed by atoms with Gasteiger partial charge >= 0.3 is 5.69 Å². The zero-order valence-electron chi connectivity index (χ0n) is 16.7. The van der Waals surface area contributed by atoms with Crippen molar-refractivity contribution in [3.05, 3.63) is 84.3 Å². The summed E-state index contributed by atoms with van der Waals surface area (Å²) >= 11 is 1.56. The standard InChI is InChI=1S/C22H16N4O5S/c23-12-18-17-3-1-2-4-21(17)32-22(18)24-13-14-5-8-16(9-6-14)31-20-10-7-15(25(27)28)11-19(20)26(29)30/h5-11,13H,1-4H2. The molecule has 0 atom stereocenters. The number of thiophene rings is 1. The third kappa shape index (κ3) is 4.33. The summed E-state index contributed by atoms with van der Waals surface area (Å²) in [6, 6.07) is 12.2. The number of rotatable bonds is 6. The molecule has 0 saturated heterocycles. The Bertz CT molecular complexity index is 1270. The molecule has 1 aliphatic rings. The van der Waals surface area contributed by atoms with Crippen LogP contribution in [0, 0.1) is 31.6 Å². The molecule has 9 nitrogen and oxygen atoms in total. The minimum atomic E-state index is -0.725. The number of aliphatic imine (C=N–C) groups is 1. The summed E-state index contributed by atoms with van der Waals surface area (Å²) in [4.78, 5) is 26.4. The number of fused-ring (bicyclic) bond motifs is 1. The number of nitro benzene ring substituents is 2. The van der Waals surface area contributed by atoms with E-state index in [0.29, 0.717) is 16.3 Å². The van der Waals surface area contributed by atoms with Gasteiger partial charge in [0, 0.05) is 17.2 Å². The number of hydrogen-bond donors (Lipinski definition) is 0. The topological polar surface area (TPSA) is 132 Å². The zero-order chi connectivity index (χ0) is 22.7. The van der Waals surface area contributed by atoms with Crippen molar-refractivity contribution in [1.29, 1.82) is 5.26 Å². The first-order chi connectivity index (χ1) is 15.5. The van der Waals surface area contributed by atoms with Gasteiger partial charge in [0.2, 0.25) is 5.75 Å². The number of ether oxygens (including phenoxy) is 1. The van der Waals surface area contributed by atoms with Crippen LogP contribution in [0.1, 0.15) is 34.4 Å². The molecule has 0 bridgehead atoms. The van der Waals surface area contributed by atoms with Crippen LogP contribution >= 0.6 is 11.3 Å². The lowest BCUT2D eigenvalue weighted by atomic mass is 9.96. The maximum atomic E-state index is 11.2. The minimum absolute atomic E-state index is 0.0927. The van der Waals surface area contributed by atoms with Crippen LogP contribution in [0.2, 0.25) is 0 Å². The van der Waals surface area contributed by atoms with E-state index in [-0.39, 0.29) is 11.4 Å². The summed E-state index contributed by atoms with van der Waals surface area (Å²) in [5.41, 5.74) is 1.68. The first-order valence-corrected chi connectivity index (χ1v) is 10.6. The third-order valence-corrected chi connectivity index (χ3v) is 6.25. The van der Waals surface area contributed by atoms with Gasteiger partial charge in [-0.15, -0.1) is 11.3 Å².